The summed E-state index contributed by atoms with van der Waals surface area (Å²) in [5.74, 6) is 0.566. The molecule has 1 aliphatic carbocycles. The van der Waals surface area contributed by atoms with Gasteiger partial charge in [0.05, 0.1) is 24.4 Å². The molecular formula is C24H21N3O3. The summed E-state index contributed by atoms with van der Waals surface area (Å²) in [5.41, 5.74) is 4.92. The lowest BCUT2D eigenvalue weighted by molar-refractivity contribution is 0.0930. The second kappa shape index (κ2) is 6.99. The highest BCUT2D eigenvalue weighted by molar-refractivity contribution is 5.98. The largest absolute Gasteiger partial charge is 0.497 e. The summed E-state index contributed by atoms with van der Waals surface area (Å²) >= 11 is 0. The Hall–Kier alpha value is -3.67. The molecule has 2 aromatic heterocycles. The van der Waals surface area contributed by atoms with Crippen LogP contribution in [0, 0.1) is 6.92 Å². The zero-order valence-corrected chi connectivity index (χ0v) is 16.8. The lowest BCUT2D eigenvalue weighted by Gasteiger charge is -2.21. The molecule has 0 unspecified atom stereocenters. The Morgan fingerprint density at radius 1 is 1.17 bits per heavy atom. The quantitative estimate of drug-likeness (QED) is 0.530. The van der Waals surface area contributed by atoms with Crippen LogP contribution in [-0.4, -0.2) is 23.2 Å². The van der Waals surface area contributed by atoms with E-state index in [1.54, 1.807) is 31.8 Å². The maximum atomic E-state index is 13.2. The van der Waals surface area contributed by atoms with Crippen molar-refractivity contribution in [3.63, 3.8) is 0 Å². The molecule has 2 aromatic carbocycles. The van der Waals surface area contributed by atoms with Gasteiger partial charge in [-0.2, -0.15) is 0 Å². The zero-order valence-electron chi connectivity index (χ0n) is 16.8. The number of benzene rings is 2. The Morgan fingerprint density at radius 2 is 2.03 bits per heavy atom. The second-order valence-electron chi connectivity index (χ2n) is 7.72. The number of amides is 1. The molecule has 1 fully saturated rings. The fourth-order valence-corrected chi connectivity index (χ4v) is 3.94. The lowest BCUT2D eigenvalue weighted by Crippen LogP contribution is -2.35. The van der Waals surface area contributed by atoms with Crippen molar-refractivity contribution < 1.29 is 14.1 Å². The van der Waals surface area contributed by atoms with Gasteiger partial charge in [0.25, 0.3) is 5.91 Å². The maximum absolute atomic E-state index is 13.2. The molecule has 0 atom stereocenters. The lowest BCUT2D eigenvalue weighted by atomic mass is 9.94. The molecule has 1 aliphatic rings. The number of methoxy groups -OCH3 is 1. The van der Waals surface area contributed by atoms with Crippen LogP contribution < -0.4 is 10.1 Å². The van der Waals surface area contributed by atoms with E-state index in [1.807, 2.05) is 31.2 Å². The van der Waals surface area contributed by atoms with Crippen LogP contribution in [0.4, 0.5) is 0 Å². The third-order valence-corrected chi connectivity index (χ3v) is 5.79. The predicted molar refractivity (Wildman–Crippen MR) is 113 cm³/mol. The predicted octanol–water partition coefficient (Wildman–Crippen LogP) is 4.63. The highest BCUT2D eigenvalue weighted by atomic mass is 16.5. The Kier molecular flexibility index (Phi) is 4.28. The molecule has 30 heavy (non-hydrogen) atoms. The van der Waals surface area contributed by atoms with Gasteiger partial charge in [0.2, 0.25) is 0 Å². The summed E-state index contributed by atoms with van der Waals surface area (Å²) in [5, 5.41) is 8.16. The first-order valence-electron chi connectivity index (χ1n) is 9.86. The number of ether oxygens (including phenoxy) is 1. The number of aromatic nitrogens is 2. The van der Waals surface area contributed by atoms with Crippen LogP contribution >= 0.6 is 0 Å². The number of nitrogens with zero attached hydrogens (tertiary/aromatic N) is 2. The minimum atomic E-state index is -0.416. The number of hydrogen-bond acceptors (Lipinski definition) is 5. The molecule has 1 saturated carbocycles. The molecule has 0 bridgehead atoms. The summed E-state index contributed by atoms with van der Waals surface area (Å²) in [7, 11) is 1.60. The van der Waals surface area contributed by atoms with Crippen molar-refractivity contribution in [1.29, 1.82) is 0 Å². The third kappa shape index (κ3) is 3.10. The Balaban J connectivity index is 1.57. The molecule has 0 saturated heterocycles. The molecule has 6 heteroatoms. The van der Waals surface area contributed by atoms with Crippen molar-refractivity contribution in [2.45, 2.75) is 25.3 Å². The van der Waals surface area contributed by atoms with Gasteiger partial charge >= 0.3 is 0 Å². The van der Waals surface area contributed by atoms with Gasteiger partial charge in [-0.1, -0.05) is 17.3 Å². The minimum absolute atomic E-state index is 0.101. The summed E-state index contributed by atoms with van der Waals surface area (Å²) < 4.78 is 10.3. The standard InChI is InChI=1S/C24H21N3O3/c1-15-5-6-18(29-2)12-20(15)23(28)27-24(7-8-24)21-10-16(17-13-26-30-14-17)11-22-19(21)4-3-9-25-22/h3-6,9-14H,7-8H2,1-2H3,(H,27,28). The first-order valence-corrected chi connectivity index (χ1v) is 9.86. The monoisotopic (exact) mass is 399 g/mol. The molecule has 150 valence electrons. The summed E-state index contributed by atoms with van der Waals surface area (Å²) in [6.45, 7) is 1.93. The highest BCUT2D eigenvalue weighted by Crippen LogP contribution is 2.49. The van der Waals surface area contributed by atoms with Crippen molar-refractivity contribution in [2.24, 2.45) is 0 Å². The number of aryl methyl sites for hydroxylation is 1. The fraction of sp³-hybridized carbons (Fsp3) is 0.208. The number of fused-ring (bicyclic) bond motifs is 1. The number of pyridine rings is 1. The highest BCUT2D eigenvalue weighted by Gasteiger charge is 2.47. The van der Waals surface area contributed by atoms with Gasteiger partial charge in [0, 0.05) is 22.7 Å². The first kappa shape index (κ1) is 18.4. The number of carbonyl (C=O) groups is 1. The van der Waals surface area contributed by atoms with Crippen LogP contribution in [0.25, 0.3) is 22.0 Å². The van der Waals surface area contributed by atoms with Crippen molar-refractivity contribution >= 4 is 16.8 Å². The van der Waals surface area contributed by atoms with Crippen LogP contribution in [0.15, 0.2) is 65.6 Å². The normalized spacial score (nSPS) is 14.5. The number of rotatable bonds is 5. The SMILES string of the molecule is COc1ccc(C)c(C(=O)NC2(c3cc(-c4cnoc4)cc4ncccc34)CC2)c1. The summed E-state index contributed by atoms with van der Waals surface area (Å²) in [4.78, 5) is 17.8. The topological polar surface area (TPSA) is 77.2 Å². The molecular weight excluding hydrogens is 378 g/mol. The van der Waals surface area contributed by atoms with E-state index in [-0.39, 0.29) is 5.91 Å². The summed E-state index contributed by atoms with van der Waals surface area (Å²) in [6.07, 6.45) is 6.83. The van der Waals surface area contributed by atoms with Crippen LogP contribution in [0.5, 0.6) is 5.75 Å². The van der Waals surface area contributed by atoms with Crippen LogP contribution in [0.2, 0.25) is 0 Å². The fourth-order valence-electron chi connectivity index (χ4n) is 3.94. The molecule has 1 N–H and O–H groups in total. The first-order chi connectivity index (χ1) is 14.6. The van der Waals surface area contributed by atoms with E-state index in [0.717, 1.165) is 46.0 Å². The molecule has 0 aliphatic heterocycles. The molecule has 2 heterocycles. The van der Waals surface area contributed by atoms with Gasteiger partial charge in [0.1, 0.15) is 12.0 Å². The average Bonchev–Trinajstić information content (AvgIpc) is 3.33. The minimum Gasteiger partial charge on any atom is -0.497 e. The maximum Gasteiger partial charge on any atom is 0.252 e. The molecule has 5 rings (SSSR count). The van der Waals surface area contributed by atoms with Crippen LogP contribution in [0.3, 0.4) is 0 Å². The van der Waals surface area contributed by atoms with E-state index < -0.39 is 5.54 Å². The average molecular weight is 399 g/mol. The van der Waals surface area contributed by atoms with Crippen molar-refractivity contribution in [1.82, 2.24) is 15.5 Å². The van der Waals surface area contributed by atoms with E-state index in [1.165, 1.54) is 0 Å². The van der Waals surface area contributed by atoms with Gasteiger partial charge in [-0.15, -0.1) is 0 Å². The van der Waals surface area contributed by atoms with Gasteiger partial charge in [-0.05, 0) is 66.8 Å². The van der Waals surface area contributed by atoms with Crippen LogP contribution in [0.1, 0.15) is 34.3 Å². The third-order valence-electron chi connectivity index (χ3n) is 5.79. The van der Waals surface area contributed by atoms with Crippen molar-refractivity contribution in [3.05, 3.63) is 77.8 Å². The number of hydrogen-bond donors (Lipinski definition) is 1. The molecule has 0 spiro atoms. The van der Waals surface area contributed by atoms with Crippen molar-refractivity contribution in [2.75, 3.05) is 7.11 Å². The Bertz CT molecular complexity index is 1240. The van der Waals surface area contributed by atoms with Gasteiger partial charge in [-0.25, -0.2) is 0 Å². The van der Waals surface area contributed by atoms with E-state index in [9.17, 15) is 4.79 Å². The molecule has 4 aromatic rings. The molecule has 1 amide bonds. The van der Waals surface area contributed by atoms with Gasteiger partial charge < -0.3 is 14.6 Å². The van der Waals surface area contributed by atoms with E-state index in [4.69, 9.17) is 9.26 Å². The van der Waals surface area contributed by atoms with E-state index in [2.05, 4.69) is 27.6 Å². The number of nitrogens with one attached hydrogen (secondary N) is 1. The summed E-state index contributed by atoms with van der Waals surface area (Å²) in [6, 6.07) is 13.7. The Labute approximate surface area is 173 Å². The van der Waals surface area contributed by atoms with E-state index in [0.29, 0.717) is 11.3 Å². The zero-order chi connectivity index (χ0) is 20.7. The van der Waals surface area contributed by atoms with Crippen LogP contribution in [-0.2, 0) is 5.54 Å². The van der Waals surface area contributed by atoms with Gasteiger partial charge in [-0.3, -0.25) is 9.78 Å². The van der Waals surface area contributed by atoms with E-state index >= 15 is 0 Å². The molecule has 0 radical (unpaired) electrons. The number of carbonyl (C=O) groups excluding carboxylic acids is 1. The second-order valence-corrected chi connectivity index (χ2v) is 7.72. The molecule has 6 nitrogen and oxygen atoms in total. The van der Waals surface area contributed by atoms with Crippen molar-refractivity contribution in [3.8, 4) is 16.9 Å². The Morgan fingerprint density at radius 3 is 2.77 bits per heavy atom. The van der Waals surface area contributed by atoms with Gasteiger partial charge in [0.15, 0.2) is 0 Å². The smallest absolute Gasteiger partial charge is 0.252 e.